The lowest BCUT2D eigenvalue weighted by Gasteiger charge is -2.06. The number of esters is 1. The number of aliphatic hydroxyl groups excluding tert-OH is 1. The van der Waals surface area contributed by atoms with Crippen LogP contribution in [0.2, 0.25) is 0 Å². The van der Waals surface area contributed by atoms with E-state index in [9.17, 15) is 15.0 Å². The SMILES string of the molecule is CCOC(=O)C1=C(O)/C(=C\c2ccc(O)c(OC)c2)SC1=Nc1ccccc1CC. The molecule has 0 saturated carbocycles. The van der Waals surface area contributed by atoms with E-state index in [1.54, 1.807) is 25.1 Å². The number of thioether (sulfide) groups is 1. The van der Waals surface area contributed by atoms with Crippen LogP contribution in [0.3, 0.4) is 0 Å². The van der Waals surface area contributed by atoms with E-state index in [-0.39, 0.29) is 23.7 Å². The number of hydrogen-bond donors (Lipinski definition) is 2. The molecule has 6 nitrogen and oxygen atoms in total. The molecule has 30 heavy (non-hydrogen) atoms. The molecule has 0 radical (unpaired) electrons. The highest BCUT2D eigenvalue weighted by Crippen LogP contribution is 2.41. The van der Waals surface area contributed by atoms with Crippen LogP contribution in [0.25, 0.3) is 6.08 Å². The van der Waals surface area contributed by atoms with E-state index in [1.165, 1.54) is 24.9 Å². The average Bonchev–Trinajstić information content (AvgIpc) is 3.04. The van der Waals surface area contributed by atoms with Crippen molar-refractivity contribution in [1.29, 1.82) is 0 Å². The number of aromatic hydroxyl groups is 1. The molecule has 2 aromatic rings. The molecule has 0 aromatic heterocycles. The number of aliphatic imine (C=N–C) groups is 1. The van der Waals surface area contributed by atoms with E-state index < -0.39 is 5.97 Å². The second-order valence-corrected chi connectivity index (χ2v) is 7.42. The van der Waals surface area contributed by atoms with Gasteiger partial charge in [-0.1, -0.05) is 43.0 Å². The molecule has 0 aliphatic carbocycles. The van der Waals surface area contributed by atoms with E-state index >= 15 is 0 Å². The third-order valence-corrected chi connectivity index (χ3v) is 5.49. The maximum absolute atomic E-state index is 12.5. The standard InChI is InChI=1S/C23H23NO5S/c1-4-15-8-6-7-9-16(15)24-22-20(23(27)29-5-2)21(26)19(30-22)13-14-10-11-17(25)18(12-14)28-3/h6-13,25-26H,4-5H2,1-3H3/b19-13+,24-22?. The van der Waals surface area contributed by atoms with E-state index in [0.717, 1.165) is 17.7 Å². The van der Waals surface area contributed by atoms with Crippen molar-refractivity contribution in [2.24, 2.45) is 4.99 Å². The van der Waals surface area contributed by atoms with Crippen molar-refractivity contribution in [2.45, 2.75) is 20.3 Å². The summed E-state index contributed by atoms with van der Waals surface area (Å²) in [5.74, 6) is -0.476. The molecule has 156 valence electrons. The first-order valence-corrected chi connectivity index (χ1v) is 10.3. The highest BCUT2D eigenvalue weighted by atomic mass is 32.2. The molecular formula is C23H23NO5S. The number of aryl methyl sites for hydroxylation is 1. The Morgan fingerprint density at radius 1 is 1.17 bits per heavy atom. The summed E-state index contributed by atoms with van der Waals surface area (Å²) in [6.45, 7) is 3.93. The molecule has 2 N–H and O–H groups in total. The lowest BCUT2D eigenvalue weighted by molar-refractivity contribution is -0.138. The third kappa shape index (κ3) is 4.52. The fourth-order valence-electron chi connectivity index (χ4n) is 2.96. The van der Waals surface area contributed by atoms with Crippen LogP contribution in [0, 0.1) is 0 Å². The van der Waals surface area contributed by atoms with E-state index in [1.807, 2.05) is 31.2 Å². The van der Waals surface area contributed by atoms with Crippen LogP contribution in [-0.2, 0) is 16.0 Å². The van der Waals surface area contributed by atoms with Gasteiger partial charge in [-0.3, -0.25) is 0 Å². The van der Waals surface area contributed by atoms with Crippen LogP contribution >= 0.6 is 11.8 Å². The monoisotopic (exact) mass is 425 g/mol. The van der Waals surface area contributed by atoms with Crippen molar-refractivity contribution < 1.29 is 24.5 Å². The number of ether oxygens (including phenoxy) is 2. The predicted molar refractivity (Wildman–Crippen MR) is 119 cm³/mol. The number of aliphatic hydroxyl groups is 1. The molecular weight excluding hydrogens is 402 g/mol. The van der Waals surface area contributed by atoms with Crippen molar-refractivity contribution in [2.75, 3.05) is 13.7 Å². The number of carbonyl (C=O) groups is 1. The van der Waals surface area contributed by atoms with Crippen LogP contribution in [-0.4, -0.2) is 34.9 Å². The highest BCUT2D eigenvalue weighted by Gasteiger charge is 2.33. The first kappa shape index (κ1) is 21.5. The van der Waals surface area contributed by atoms with Gasteiger partial charge in [0, 0.05) is 0 Å². The molecule has 3 rings (SSSR count). The molecule has 1 heterocycles. The smallest absolute Gasteiger partial charge is 0.344 e. The van der Waals surface area contributed by atoms with E-state index in [4.69, 9.17) is 9.47 Å². The largest absolute Gasteiger partial charge is 0.506 e. The Balaban J connectivity index is 2.07. The van der Waals surface area contributed by atoms with Crippen LogP contribution in [0.5, 0.6) is 11.5 Å². The summed E-state index contributed by atoms with van der Waals surface area (Å²) in [5.41, 5.74) is 2.51. The number of methoxy groups -OCH3 is 1. The van der Waals surface area contributed by atoms with Gasteiger partial charge in [0.05, 0.1) is 24.3 Å². The summed E-state index contributed by atoms with van der Waals surface area (Å²) in [4.78, 5) is 17.7. The van der Waals surface area contributed by atoms with Gasteiger partial charge in [0.1, 0.15) is 16.4 Å². The highest BCUT2D eigenvalue weighted by molar-refractivity contribution is 8.18. The molecule has 2 aromatic carbocycles. The maximum Gasteiger partial charge on any atom is 0.344 e. The molecule has 0 saturated heterocycles. The number of para-hydroxylation sites is 1. The summed E-state index contributed by atoms with van der Waals surface area (Å²) >= 11 is 1.19. The summed E-state index contributed by atoms with van der Waals surface area (Å²) < 4.78 is 10.3. The number of phenols is 1. The second kappa shape index (κ2) is 9.54. The van der Waals surface area contributed by atoms with Crippen molar-refractivity contribution in [3.63, 3.8) is 0 Å². The fraction of sp³-hybridized carbons (Fsp3) is 0.217. The van der Waals surface area contributed by atoms with Gasteiger partial charge in [-0.2, -0.15) is 0 Å². The molecule has 1 aliphatic rings. The topological polar surface area (TPSA) is 88.4 Å². The lowest BCUT2D eigenvalue weighted by Crippen LogP contribution is -2.13. The Kier molecular flexibility index (Phi) is 6.84. The van der Waals surface area contributed by atoms with Crippen LogP contribution < -0.4 is 4.74 Å². The minimum Gasteiger partial charge on any atom is -0.506 e. The molecule has 0 fully saturated rings. The number of benzene rings is 2. The molecule has 0 spiro atoms. The van der Waals surface area contributed by atoms with Crippen molar-refractivity contribution >= 4 is 34.5 Å². The van der Waals surface area contributed by atoms with Gasteiger partial charge in [-0.15, -0.1) is 0 Å². The van der Waals surface area contributed by atoms with Crippen LogP contribution in [0.15, 0.2) is 63.7 Å². The lowest BCUT2D eigenvalue weighted by atomic mass is 10.1. The van der Waals surface area contributed by atoms with Gasteiger partial charge in [0.15, 0.2) is 11.5 Å². The molecule has 0 amide bonds. The van der Waals surface area contributed by atoms with Gasteiger partial charge < -0.3 is 19.7 Å². The maximum atomic E-state index is 12.5. The molecule has 0 bridgehead atoms. The Hall–Kier alpha value is -3.19. The first-order valence-electron chi connectivity index (χ1n) is 9.52. The van der Waals surface area contributed by atoms with E-state index in [2.05, 4.69) is 4.99 Å². The minimum absolute atomic E-state index is 0.0177. The van der Waals surface area contributed by atoms with Gasteiger partial charge in [0.25, 0.3) is 0 Å². The predicted octanol–water partition coefficient (Wildman–Crippen LogP) is 5.16. The summed E-state index contributed by atoms with van der Waals surface area (Å²) in [5, 5.41) is 21.0. The molecule has 1 aliphatic heterocycles. The first-order chi connectivity index (χ1) is 14.5. The average molecular weight is 426 g/mol. The fourth-order valence-corrected chi connectivity index (χ4v) is 3.98. The van der Waals surface area contributed by atoms with E-state index in [0.29, 0.717) is 21.3 Å². The summed E-state index contributed by atoms with van der Waals surface area (Å²) in [6.07, 6.45) is 2.49. The summed E-state index contributed by atoms with van der Waals surface area (Å²) in [6, 6.07) is 12.5. The Bertz CT molecular complexity index is 1060. The normalized spacial score (nSPS) is 16.4. The molecule has 0 atom stereocenters. The van der Waals surface area contributed by atoms with Gasteiger partial charge in [-0.05, 0) is 48.7 Å². The molecule has 7 heteroatoms. The van der Waals surface area contributed by atoms with Crippen molar-refractivity contribution in [1.82, 2.24) is 0 Å². The third-order valence-electron chi connectivity index (χ3n) is 4.47. The molecule has 0 unspecified atom stereocenters. The number of phenolic OH excluding ortho intramolecular Hbond substituents is 1. The zero-order valence-electron chi connectivity index (χ0n) is 17.0. The Morgan fingerprint density at radius 2 is 1.93 bits per heavy atom. The second-order valence-electron chi connectivity index (χ2n) is 6.39. The quantitative estimate of drug-likeness (QED) is 0.622. The van der Waals surface area contributed by atoms with Crippen LogP contribution in [0.1, 0.15) is 25.0 Å². The number of carbonyl (C=O) groups excluding carboxylic acids is 1. The van der Waals surface area contributed by atoms with Crippen molar-refractivity contribution in [3.05, 3.63) is 69.8 Å². The zero-order valence-corrected chi connectivity index (χ0v) is 17.8. The van der Waals surface area contributed by atoms with Crippen molar-refractivity contribution in [3.8, 4) is 11.5 Å². The van der Waals surface area contributed by atoms with Crippen LogP contribution in [0.4, 0.5) is 5.69 Å². The zero-order chi connectivity index (χ0) is 21.7. The Labute approximate surface area is 179 Å². The number of hydrogen-bond acceptors (Lipinski definition) is 7. The van der Waals surface area contributed by atoms with Gasteiger partial charge >= 0.3 is 5.97 Å². The van der Waals surface area contributed by atoms with Gasteiger partial charge in [-0.25, -0.2) is 9.79 Å². The minimum atomic E-state index is -0.623. The number of nitrogens with zero attached hydrogens (tertiary/aromatic N) is 1. The summed E-state index contributed by atoms with van der Waals surface area (Å²) in [7, 11) is 1.46. The van der Waals surface area contributed by atoms with Gasteiger partial charge in [0.2, 0.25) is 0 Å². The number of rotatable bonds is 6. The Morgan fingerprint density at radius 3 is 2.63 bits per heavy atom.